The second-order valence-electron chi connectivity index (χ2n) is 6.59. The van der Waals surface area contributed by atoms with E-state index in [1.807, 2.05) is 23.1 Å². The van der Waals surface area contributed by atoms with Crippen LogP contribution in [0, 0.1) is 5.92 Å². The summed E-state index contributed by atoms with van der Waals surface area (Å²) in [6.07, 6.45) is 5.20. The molecule has 1 aliphatic heterocycles. The molecule has 1 saturated heterocycles. The monoisotopic (exact) mass is 356 g/mol. The van der Waals surface area contributed by atoms with Gasteiger partial charge in [-0.2, -0.15) is 0 Å². The van der Waals surface area contributed by atoms with Crippen molar-refractivity contribution in [2.24, 2.45) is 5.92 Å². The minimum Gasteiger partial charge on any atom is -0.493 e. The molecule has 2 aromatic rings. The molecule has 26 heavy (non-hydrogen) atoms. The van der Waals surface area contributed by atoms with E-state index in [9.17, 15) is 9.59 Å². The van der Waals surface area contributed by atoms with Crippen molar-refractivity contribution in [2.45, 2.75) is 19.4 Å². The number of hydrogen-bond donors (Lipinski definition) is 0. The van der Waals surface area contributed by atoms with Crippen molar-refractivity contribution in [1.82, 2.24) is 9.47 Å². The number of methoxy groups -OCH3 is 2. The molecule has 0 bridgehead atoms. The number of rotatable bonds is 6. The van der Waals surface area contributed by atoms with E-state index in [0.717, 1.165) is 37.4 Å². The van der Waals surface area contributed by atoms with Crippen LogP contribution in [0.2, 0.25) is 0 Å². The number of amides is 1. The Kier molecular flexibility index (Phi) is 5.61. The number of aromatic nitrogens is 1. The predicted octanol–water partition coefficient (Wildman–Crippen LogP) is 1.96. The lowest BCUT2D eigenvalue weighted by Gasteiger charge is -2.18. The average Bonchev–Trinajstić information content (AvgIpc) is 3.12. The van der Waals surface area contributed by atoms with E-state index in [2.05, 4.69) is 0 Å². The second kappa shape index (κ2) is 8.08. The first-order chi connectivity index (χ1) is 12.6. The Bertz CT molecular complexity index is 810. The van der Waals surface area contributed by atoms with E-state index >= 15 is 0 Å². The molecule has 138 valence electrons. The third-order valence-electron chi connectivity index (χ3n) is 4.79. The van der Waals surface area contributed by atoms with Gasteiger partial charge >= 0.3 is 0 Å². The summed E-state index contributed by atoms with van der Waals surface area (Å²) in [7, 11) is 3.26. The van der Waals surface area contributed by atoms with Gasteiger partial charge in [0.1, 0.15) is 6.54 Å². The zero-order valence-electron chi connectivity index (χ0n) is 15.2. The molecule has 0 saturated carbocycles. The third-order valence-corrected chi connectivity index (χ3v) is 4.79. The first kappa shape index (κ1) is 18.0. The molecule has 3 rings (SSSR count). The van der Waals surface area contributed by atoms with E-state index in [1.165, 1.54) is 17.7 Å². The fourth-order valence-electron chi connectivity index (χ4n) is 3.37. The quantitative estimate of drug-likeness (QED) is 0.794. The Hall–Kier alpha value is -2.76. The fourth-order valence-corrected chi connectivity index (χ4v) is 3.37. The van der Waals surface area contributed by atoms with Gasteiger partial charge in [0.25, 0.3) is 0 Å². The molecule has 0 spiro atoms. The molecule has 0 N–H and O–H groups in total. The van der Waals surface area contributed by atoms with E-state index in [0.29, 0.717) is 5.92 Å². The highest BCUT2D eigenvalue weighted by Gasteiger charge is 2.26. The van der Waals surface area contributed by atoms with Crippen LogP contribution in [0.5, 0.6) is 11.5 Å². The number of likely N-dealkylation sites (tertiary alicyclic amines) is 1. The first-order valence-corrected chi connectivity index (χ1v) is 8.74. The van der Waals surface area contributed by atoms with Crippen LogP contribution >= 0.6 is 0 Å². The number of nitrogens with zero attached hydrogens (tertiary/aromatic N) is 2. The normalized spacial score (nSPS) is 16.5. The van der Waals surface area contributed by atoms with Crippen molar-refractivity contribution in [3.05, 3.63) is 58.5 Å². The summed E-state index contributed by atoms with van der Waals surface area (Å²) in [5, 5.41) is 0. The highest BCUT2D eigenvalue weighted by atomic mass is 16.5. The standard InChI is InChI=1S/C20H24N2O4/c1-25-18-4-3-15(12-19(18)26-2)11-16-5-10-22(13-16)20(24)14-21-8-6-17(23)7-9-21/h3-4,6-9,12,16H,5,10-11,13-14H2,1-2H3. The van der Waals surface area contributed by atoms with Gasteiger partial charge in [-0.3, -0.25) is 9.59 Å². The smallest absolute Gasteiger partial charge is 0.242 e. The molecule has 0 aliphatic carbocycles. The Labute approximate surface area is 153 Å². The van der Waals surface area contributed by atoms with Gasteiger partial charge in [0.05, 0.1) is 14.2 Å². The zero-order valence-corrected chi connectivity index (χ0v) is 15.2. The molecule has 1 amide bonds. The first-order valence-electron chi connectivity index (χ1n) is 8.74. The molecule has 1 aliphatic rings. The molecular formula is C20H24N2O4. The van der Waals surface area contributed by atoms with Crippen LogP contribution in [-0.4, -0.2) is 42.7 Å². The van der Waals surface area contributed by atoms with Crippen LogP contribution in [-0.2, 0) is 17.8 Å². The molecule has 0 radical (unpaired) electrons. The summed E-state index contributed by atoms with van der Waals surface area (Å²) < 4.78 is 12.4. The highest BCUT2D eigenvalue weighted by molar-refractivity contribution is 5.76. The van der Waals surface area contributed by atoms with Crippen LogP contribution in [0.4, 0.5) is 0 Å². The molecule has 1 unspecified atom stereocenters. The van der Waals surface area contributed by atoms with Crippen LogP contribution < -0.4 is 14.9 Å². The van der Waals surface area contributed by atoms with Crippen molar-refractivity contribution in [3.63, 3.8) is 0 Å². The van der Waals surface area contributed by atoms with Crippen molar-refractivity contribution in [3.8, 4) is 11.5 Å². The van der Waals surface area contributed by atoms with E-state index in [1.54, 1.807) is 31.2 Å². The van der Waals surface area contributed by atoms with Gasteiger partial charge in [0, 0.05) is 37.6 Å². The number of carbonyl (C=O) groups excluding carboxylic acids is 1. The largest absolute Gasteiger partial charge is 0.493 e. The highest BCUT2D eigenvalue weighted by Crippen LogP contribution is 2.30. The molecule has 6 nitrogen and oxygen atoms in total. The lowest BCUT2D eigenvalue weighted by Crippen LogP contribution is -2.32. The predicted molar refractivity (Wildman–Crippen MR) is 98.6 cm³/mol. The molecule has 2 heterocycles. The van der Waals surface area contributed by atoms with Crippen LogP contribution in [0.15, 0.2) is 47.5 Å². The number of hydrogen-bond acceptors (Lipinski definition) is 4. The van der Waals surface area contributed by atoms with Crippen LogP contribution in [0.1, 0.15) is 12.0 Å². The van der Waals surface area contributed by atoms with Crippen molar-refractivity contribution in [1.29, 1.82) is 0 Å². The van der Waals surface area contributed by atoms with E-state index in [4.69, 9.17) is 9.47 Å². The van der Waals surface area contributed by atoms with Gasteiger partial charge < -0.3 is 18.9 Å². The van der Waals surface area contributed by atoms with E-state index < -0.39 is 0 Å². The summed E-state index contributed by atoms with van der Waals surface area (Å²) >= 11 is 0. The maximum atomic E-state index is 12.5. The molecular weight excluding hydrogens is 332 g/mol. The van der Waals surface area contributed by atoms with Gasteiger partial charge in [0.2, 0.25) is 5.91 Å². The molecule has 1 aromatic carbocycles. The van der Waals surface area contributed by atoms with Gasteiger partial charge in [-0.1, -0.05) is 6.07 Å². The summed E-state index contributed by atoms with van der Waals surface area (Å²) in [5.41, 5.74) is 1.13. The van der Waals surface area contributed by atoms with Gasteiger partial charge in [-0.05, 0) is 36.5 Å². The number of ether oxygens (including phenoxy) is 2. The Morgan fingerprint density at radius 1 is 1.12 bits per heavy atom. The molecule has 1 atom stereocenters. The maximum absolute atomic E-state index is 12.5. The number of pyridine rings is 1. The fraction of sp³-hybridized carbons (Fsp3) is 0.400. The third kappa shape index (κ3) is 4.25. The Morgan fingerprint density at radius 2 is 1.85 bits per heavy atom. The second-order valence-corrected chi connectivity index (χ2v) is 6.59. The summed E-state index contributed by atoms with van der Waals surface area (Å²) in [5.74, 6) is 1.98. The van der Waals surface area contributed by atoms with Gasteiger partial charge in [-0.25, -0.2) is 0 Å². The summed E-state index contributed by atoms with van der Waals surface area (Å²) in [6, 6.07) is 8.91. The Balaban J connectivity index is 1.57. The molecule has 6 heteroatoms. The lowest BCUT2D eigenvalue weighted by atomic mass is 9.98. The van der Waals surface area contributed by atoms with Crippen molar-refractivity contribution in [2.75, 3.05) is 27.3 Å². The minimum atomic E-state index is -0.0511. The Morgan fingerprint density at radius 3 is 2.54 bits per heavy atom. The number of benzene rings is 1. The molecule has 1 fully saturated rings. The van der Waals surface area contributed by atoms with Crippen LogP contribution in [0.3, 0.4) is 0 Å². The van der Waals surface area contributed by atoms with Crippen molar-refractivity contribution >= 4 is 5.91 Å². The topological polar surface area (TPSA) is 60.8 Å². The van der Waals surface area contributed by atoms with Crippen LogP contribution in [0.25, 0.3) is 0 Å². The lowest BCUT2D eigenvalue weighted by molar-refractivity contribution is -0.130. The average molecular weight is 356 g/mol. The summed E-state index contributed by atoms with van der Waals surface area (Å²) in [4.78, 5) is 25.5. The number of carbonyl (C=O) groups is 1. The summed E-state index contributed by atoms with van der Waals surface area (Å²) in [6.45, 7) is 1.80. The molecule has 1 aromatic heterocycles. The maximum Gasteiger partial charge on any atom is 0.242 e. The van der Waals surface area contributed by atoms with Gasteiger partial charge in [0.15, 0.2) is 16.9 Å². The van der Waals surface area contributed by atoms with Gasteiger partial charge in [-0.15, -0.1) is 0 Å². The SMILES string of the molecule is COc1ccc(CC2CCN(C(=O)Cn3ccc(=O)cc3)C2)cc1OC. The minimum absolute atomic E-state index is 0.0511. The van der Waals surface area contributed by atoms with E-state index in [-0.39, 0.29) is 17.9 Å². The van der Waals surface area contributed by atoms with Crippen molar-refractivity contribution < 1.29 is 14.3 Å². The zero-order chi connectivity index (χ0) is 18.5.